The summed E-state index contributed by atoms with van der Waals surface area (Å²) in [6, 6.07) is 13.3. The van der Waals surface area contributed by atoms with Crippen molar-refractivity contribution in [2.24, 2.45) is 0 Å². The van der Waals surface area contributed by atoms with Crippen molar-refractivity contribution in [1.29, 1.82) is 5.26 Å². The minimum Gasteiger partial charge on any atom is -0.464 e. The Kier molecular flexibility index (Phi) is 5.56. The molecule has 0 aliphatic rings. The fraction of sp³-hybridized carbons (Fsp3) is 0.333. The topological polar surface area (TPSA) is 60.5 Å². The van der Waals surface area contributed by atoms with Crippen LogP contribution in [0.4, 0.5) is 0 Å². The second kappa shape index (κ2) is 7.61. The van der Waals surface area contributed by atoms with Crippen LogP contribution in [0.2, 0.25) is 0 Å². The van der Waals surface area contributed by atoms with E-state index in [2.05, 4.69) is 6.07 Å². The molecule has 0 saturated carbocycles. The molecule has 1 amide bonds. The van der Waals surface area contributed by atoms with Gasteiger partial charge < -0.3 is 9.32 Å². The maximum Gasteiger partial charge on any atom is 0.236 e. The number of nitriles is 1. The average molecular weight is 311 g/mol. The van der Waals surface area contributed by atoms with Crippen molar-refractivity contribution in [3.05, 3.63) is 59.0 Å². The zero-order valence-corrected chi connectivity index (χ0v) is 13.7. The smallest absolute Gasteiger partial charge is 0.236 e. The van der Waals surface area contributed by atoms with Crippen LogP contribution in [0.1, 0.15) is 22.6 Å². The minimum absolute atomic E-state index is 0.0372. The second-order valence-corrected chi connectivity index (χ2v) is 5.74. The SMILES string of the molecule is Cc1ccc(CN(C)C(=O)CN(C)Cc2ccc(C#N)cc2)o1. The summed E-state index contributed by atoms with van der Waals surface area (Å²) in [5.41, 5.74) is 1.71. The Morgan fingerprint density at radius 1 is 1.13 bits per heavy atom. The quantitative estimate of drug-likeness (QED) is 0.822. The van der Waals surface area contributed by atoms with E-state index in [0.717, 1.165) is 17.1 Å². The Labute approximate surface area is 136 Å². The summed E-state index contributed by atoms with van der Waals surface area (Å²) in [5, 5.41) is 8.79. The van der Waals surface area contributed by atoms with Crippen molar-refractivity contribution in [3.63, 3.8) is 0 Å². The van der Waals surface area contributed by atoms with Crippen molar-refractivity contribution >= 4 is 5.91 Å². The Morgan fingerprint density at radius 2 is 1.83 bits per heavy atom. The van der Waals surface area contributed by atoms with E-state index in [1.165, 1.54) is 0 Å². The largest absolute Gasteiger partial charge is 0.464 e. The molecule has 0 bridgehead atoms. The summed E-state index contributed by atoms with van der Waals surface area (Å²) in [6.07, 6.45) is 0. The van der Waals surface area contributed by atoms with Crippen LogP contribution in [0.15, 0.2) is 40.8 Å². The van der Waals surface area contributed by atoms with Crippen LogP contribution in [0.3, 0.4) is 0 Å². The van der Waals surface area contributed by atoms with Crippen molar-refractivity contribution in [3.8, 4) is 6.07 Å². The molecule has 0 aliphatic heterocycles. The maximum atomic E-state index is 12.3. The highest BCUT2D eigenvalue weighted by atomic mass is 16.3. The number of benzene rings is 1. The highest BCUT2D eigenvalue weighted by Crippen LogP contribution is 2.10. The number of amides is 1. The van der Waals surface area contributed by atoms with E-state index in [9.17, 15) is 4.79 Å². The van der Waals surface area contributed by atoms with Crippen LogP contribution in [0, 0.1) is 18.3 Å². The first-order valence-corrected chi connectivity index (χ1v) is 7.45. The molecule has 0 aliphatic carbocycles. The fourth-order valence-corrected chi connectivity index (χ4v) is 2.30. The highest BCUT2D eigenvalue weighted by molar-refractivity contribution is 5.77. The fourth-order valence-electron chi connectivity index (χ4n) is 2.30. The van der Waals surface area contributed by atoms with Crippen molar-refractivity contribution < 1.29 is 9.21 Å². The molecule has 0 radical (unpaired) electrons. The lowest BCUT2D eigenvalue weighted by molar-refractivity contribution is -0.131. The molecule has 1 aromatic heterocycles. The predicted molar refractivity (Wildman–Crippen MR) is 87.4 cm³/mol. The van der Waals surface area contributed by atoms with E-state index in [-0.39, 0.29) is 5.91 Å². The summed E-state index contributed by atoms with van der Waals surface area (Å²) >= 11 is 0. The number of nitrogens with zero attached hydrogens (tertiary/aromatic N) is 3. The van der Waals surface area contributed by atoms with Gasteiger partial charge in [-0.25, -0.2) is 0 Å². The van der Waals surface area contributed by atoms with Crippen LogP contribution in [-0.4, -0.2) is 36.3 Å². The van der Waals surface area contributed by atoms with Crippen LogP contribution in [-0.2, 0) is 17.9 Å². The third-order valence-corrected chi connectivity index (χ3v) is 3.56. The van der Waals surface area contributed by atoms with Gasteiger partial charge in [0.2, 0.25) is 5.91 Å². The van der Waals surface area contributed by atoms with Crippen LogP contribution in [0.5, 0.6) is 0 Å². The summed E-state index contributed by atoms with van der Waals surface area (Å²) in [4.78, 5) is 15.9. The lowest BCUT2D eigenvalue weighted by atomic mass is 10.1. The monoisotopic (exact) mass is 311 g/mol. The van der Waals surface area contributed by atoms with E-state index in [1.54, 1.807) is 24.1 Å². The van der Waals surface area contributed by atoms with Crippen LogP contribution < -0.4 is 0 Å². The van der Waals surface area contributed by atoms with Gasteiger partial charge in [-0.15, -0.1) is 0 Å². The molecule has 1 aromatic carbocycles. The molecular formula is C18H21N3O2. The van der Waals surface area contributed by atoms with E-state index in [4.69, 9.17) is 9.68 Å². The van der Waals surface area contributed by atoms with Crippen LogP contribution >= 0.6 is 0 Å². The van der Waals surface area contributed by atoms with Gasteiger partial charge in [-0.3, -0.25) is 9.69 Å². The Balaban J connectivity index is 1.84. The number of furan rings is 1. The van der Waals surface area contributed by atoms with Gasteiger partial charge in [0.25, 0.3) is 0 Å². The van der Waals surface area contributed by atoms with Crippen LogP contribution in [0.25, 0.3) is 0 Å². The van der Waals surface area contributed by atoms with E-state index in [0.29, 0.717) is 25.2 Å². The molecule has 23 heavy (non-hydrogen) atoms. The normalized spacial score (nSPS) is 10.6. The zero-order valence-electron chi connectivity index (χ0n) is 13.7. The number of rotatable bonds is 6. The molecule has 0 N–H and O–H groups in total. The van der Waals surface area contributed by atoms with E-state index >= 15 is 0 Å². The number of aryl methyl sites for hydroxylation is 1. The minimum atomic E-state index is 0.0372. The van der Waals surface area contributed by atoms with Gasteiger partial charge in [0.05, 0.1) is 24.7 Å². The van der Waals surface area contributed by atoms with Crippen molar-refractivity contribution in [2.45, 2.75) is 20.0 Å². The number of carbonyl (C=O) groups is 1. The molecule has 120 valence electrons. The third-order valence-electron chi connectivity index (χ3n) is 3.56. The highest BCUT2D eigenvalue weighted by Gasteiger charge is 2.13. The summed E-state index contributed by atoms with van der Waals surface area (Å²) < 4.78 is 5.49. The van der Waals surface area contributed by atoms with E-state index in [1.807, 2.05) is 43.1 Å². The third kappa shape index (κ3) is 4.97. The van der Waals surface area contributed by atoms with Gasteiger partial charge in [0.15, 0.2) is 0 Å². The Hall–Kier alpha value is -2.58. The molecule has 5 nitrogen and oxygen atoms in total. The first-order valence-electron chi connectivity index (χ1n) is 7.45. The molecule has 1 heterocycles. The summed E-state index contributed by atoms with van der Waals surface area (Å²) in [7, 11) is 3.68. The number of hydrogen-bond acceptors (Lipinski definition) is 4. The molecule has 2 aromatic rings. The molecule has 0 saturated heterocycles. The molecule has 0 fully saturated rings. The first kappa shape index (κ1) is 16.8. The number of likely N-dealkylation sites (N-methyl/N-ethyl adjacent to an activating group) is 2. The van der Waals surface area contributed by atoms with Gasteiger partial charge >= 0.3 is 0 Å². The van der Waals surface area contributed by atoms with Gasteiger partial charge in [-0.1, -0.05) is 12.1 Å². The molecule has 0 unspecified atom stereocenters. The lowest BCUT2D eigenvalue weighted by Gasteiger charge is -2.21. The number of carbonyl (C=O) groups excluding carboxylic acids is 1. The first-order chi connectivity index (χ1) is 11.0. The Bertz CT molecular complexity index is 698. The predicted octanol–water partition coefficient (Wildman–Crippen LogP) is 2.55. The average Bonchev–Trinajstić information content (AvgIpc) is 2.93. The summed E-state index contributed by atoms with van der Waals surface area (Å²) in [6.45, 7) is 3.34. The van der Waals surface area contributed by atoms with Gasteiger partial charge in [0, 0.05) is 13.6 Å². The number of hydrogen-bond donors (Lipinski definition) is 0. The molecule has 5 heteroatoms. The van der Waals surface area contributed by atoms with Crippen molar-refractivity contribution in [1.82, 2.24) is 9.80 Å². The second-order valence-electron chi connectivity index (χ2n) is 5.74. The molecule has 2 rings (SSSR count). The maximum absolute atomic E-state index is 12.3. The lowest BCUT2D eigenvalue weighted by Crippen LogP contribution is -2.35. The standard InChI is InChI=1S/C18H21N3O2/c1-14-4-9-17(23-14)12-21(3)18(22)13-20(2)11-16-7-5-15(10-19)6-8-16/h4-9H,11-13H2,1-3H3. The molecular weight excluding hydrogens is 290 g/mol. The van der Waals surface area contributed by atoms with Crippen molar-refractivity contribution in [2.75, 3.05) is 20.6 Å². The summed E-state index contributed by atoms with van der Waals surface area (Å²) in [5.74, 6) is 1.67. The van der Waals surface area contributed by atoms with E-state index < -0.39 is 0 Å². The van der Waals surface area contributed by atoms with Gasteiger partial charge in [0.1, 0.15) is 11.5 Å². The molecule has 0 spiro atoms. The zero-order chi connectivity index (χ0) is 16.8. The van der Waals surface area contributed by atoms with Gasteiger partial charge in [-0.2, -0.15) is 5.26 Å². The van der Waals surface area contributed by atoms with Gasteiger partial charge in [-0.05, 0) is 43.8 Å². The Morgan fingerprint density at radius 3 is 2.39 bits per heavy atom. The molecule has 0 atom stereocenters.